The van der Waals surface area contributed by atoms with Gasteiger partial charge in [-0.3, -0.25) is 4.79 Å². The van der Waals surface area contributed by atoms with Crippen LogP contribution in [0.1, 0.15) is 26.7 Å². The average Bonchev–Trinajstić information content (AvgIpc) is 2.98. The van der Waals surface area contributed by atoms with Crippen molar-refractivity contribution < 1.29 is 9.59 Å². The standard InChI is InChI=1S/C31H33N5O2/c1-3-35(4-2)30(37)24-16-11-19-36(21-24)31(38)32-25-17-18-26-27(20-25)34-29(23-14-9-6-10-15-23)28(33-26)22-12-7-5-8-13-22/h5-10,12-15,17-18,20,24H,3-4,11,16,19,21H2,1-2H3,(H,32,38)/t24-/m1/s1. The molecule has 1 aliphatic heterocycles. The van der Waals surface area contributed by atoms with Gasteiger partial charge >= 0.3 is 6.03 Å². The predicted molar refractivity (Wildman–Crippen MR) is 152 cm³/mol. The molecule has 4 aromatic rings. The number of carbonyl (C=O) groups excluding carboxylic acids is 2. The first kappa shape index (κ1) is 25.4. The number of amides is 3. The number of urea groups is 1. The van der Waals surface area contributed by atoms with Gasteiger partial charge in [-0.25, -0.2) is 14.8 Å². The first-order valence-electron chi connectivity index (χ1n) is 13.3. The molecule has 0 saturated carbocycles. The van der Waals surface area contributed by atoms with Gasteiger partial charge < -0.3 is 15.1 Å². The molecule has 1 N–H and O–H groups in total. The highest BCUT2D eigenvalue weighted by Crippen LogP contribution is 2.31. The first-order valence-corrected chi connectivity index (χ1v) is 13.3. The van der Waals surface area contributed by atoms with Crippen molar-refractivity contribution in [1.82, 2.24) is 19.8 Å². The molecule has 2 heterocycles. The second-order valence-electron chi connectivity index (χ2n) is 9.58. The molecular weight excluding hydrogens is 474 g/mol. The molecule has 1 fully saturated rings. The molecule has 0 unspecified atom stereocenters. The molecule has 1 aliphatic rings. The molecule has 1 saturated heterocycles. The van der Waals surface area contributed by atoms with Crippen LogP contribution in [0.25, 0.3) is 33.5 Å². The Hall–Kier alpha value is -4.26. The molecule has 194 valence electrons. The molecule has 5 rings (SSSR count). The number of fused-ring (bicyclic) bond motifs is 1. The van der Waals surface area contributed by atoms with Crippen LogP contribution >= 0.6 is 0 Å². The van der Waals surface area contributed by atoms with Crippen LogP contribution in [-0.2, 0) is 4.79 Å². The maximum atomic E-state index is 13.2. The van der Waals surface area contributed by atoms with Crippen LogP contribution in [0, 0.1) is 5.92 Å². The van der Waals surface area contributed by atoms with Gasteiger partial charge in [0.1, 0.15) is 0 Å². The number of rotatable bonds is 6. The highest BCUT2D eigenvalue weighted by molar-refractivity contribution is 5.94. The van der Waals surface area contributed by atoms with Gasteiger partial charge in [0.15, 0.2) is 0 Å². The Labute approximate surface area is 223 Å². The Morgan fingerprint density at radius 3 is 2.08 bits per heavy atom. The van der Waals surface area contributed by atoms with E-state index in [2.05, 4.69) is 5.32 Å². The van der Waals surface area contributed by atoms with E-state index in [0.717, 1.165) is 40.9 Å². The molecule has 0 spiro atoms. The van der Waals surface area contributed by atoms with Gasteiger partial charge in [-0.05, 0) is 44.9 Å². The summed E-state index contributed by atoms with van der Waals surface area (Å²) in [6.07, 6.45) is 1.63. The van der Waals surface area contributed by atoms with Crippen LogP contribution < -0.4 is 5.32 Å². The number of hydrogen-bond donors (Lipinski definition) is 1. The van der Waals surface area contributed by atoms with E-state index in [1.807, 2.05) is 97.6 Å². The third kappa shape index (κ3) is 5.37. The van der Waals surface area contributed by atoms with Crippen LogP contribution in [0.2, 0.25) is 0 Å². The highest BCUT2D eigenvalue weighted by Gasteiger charge is 2.30. The van der Waals surface area contributed by atoms with E-state index in [1.54, 1.807) is 4.90 Å². The summed E-state index contributed by atoms with van der Waals surface area (Å²) in [7, 11) is 0. The molecule has 38 heavy (non-hydrogen) atoms. The number of piperidine rings is 1. The van der Waals surface area contributed by atoms with E-state index in [1.165, 1.54) is 0 Å². The number of hydrogen-bond acceptors (Lipinski definition) is 4. The van der Waals surface area contributed by atoms with Crippen LogP contribution in [0.3, 0.4) is 0 Å². The molecule has 3 amide bonds. The third-order valence-electron chi connectivity index (χ3n) is 7.14. The highest BCUT2D eigenvalue weighted by atomic mass is 16.2. The second-order valence-corrected chi connectivity index (χ2v) is 9.58. The summed E-state index contributed by atoms with van der Waals surface area (Å²) in [5, 5.41) is 3.02. The fourth-order valence-corrected chi connectivity index (χ4v) is 5.09. The van der Waals surface area contributed by atoms with Crippen molar-refractivity contribution in [1.29, 1.82) is 0 Å². The van der Waals surface area contributed by atoms with Crippen molar-refractivity contribution in [3.05, 3.63) is 78.9 Å². The summed E-state index contributed by atoms with van der Waals surface area (Å²) >= 11 is 0. The van der Waals surface area contributed by atoms with Crippen molar-refractivity contribution in [2.45, 2.75) is 26.7 Å². The third-order valence-corrected chi connectivity index (χ3v) is 7.14. The summed E-state index contributed by atoms with van der Waals surface area (Å²) in [6, 6.07) is 25.5. The molecule has 1 atom stereocenters. The van der Waals surface area contributed by atoms with E-state index in [-0.39, 0.29) is 17.9 Å². The number of aromatic nitrogens is 2. The van der Waals surface area contributed by atoms with E-state index < -0.39 is 0 Å². The fourth-order valence-electron chi connectivity index (χ4n) is 5.09. The number of nitrogens with one attached hydrogen (secondary N) is 1. The predicted octanol–water partition coefficient (Wildman–Crippen LogP) is 6.08. The SMILES string of the molecule is CCN(CC)C(=O)[C@@H]1CCCN(C(=O)Nc2ccc3nc(-c4ccccc4)c(-c4ccccc4)nc3c2)C1. The molecule has 0 bridgehead atoms. The normalized spacial score (nSPS) is 15.3. The van der Waals surface area contributed by atoms with Gasteiger partial charge in [-0.1, -0.05) is 60.7 Å². The van der Waals surface area contributed by atoms with Gasteiger partial charge in [0, 0.05) is 43.0 Å². The lowest BCUT2D eigenvalue weighted by molar-refractivity contribution is -0.136. The fraction of sp³-hybridized carbons (Fsp3) is 0.290. The van der Waals surface area contributed by atoms with Gasteiger partial charge in [-0.15, -0.1) is 0 Å². The van der Waals surface area contributed by atoms with Crippen LogP contribution in [0.4, 0.5) is 10.5 Å². The maximum Gasteiger partial charge on any atom is 0.321 e. The summed E-state index contributed by atoms with van der Waals surface area (Å²) in [5.41, 5.74) is 5.70. The lowest BCUT2D eigenvalue weighted by Crippen LogP contribution is -2.47. The second kappa shape index (κ2) is 11.4. The largest absolute Gasteiger partial charge is 0.343 e. The van der Waals surface area contributed by atoms with Crippen molar-refractivity contribution in [2.75, 3.05) is 31.5 Å². The van der Waals surface area contributed by atoms with Crippen molar-refractivity contribution in [2.24, 2.45) is 5.92 Å². The van der Waals surface area contributed by atoms with Crippen molar-refractivity contribution in [3.8, 4) is 22.5 Å². The summed E-state index contributed by atoms with van der Waals surface area (Å²) in [6.45, 7) is 6.43. The van der Waals surface area contributed by atoms with Gasteiger partial charge in [0.2, 0.25) is 5.91 Å². The summed E-state index contributed by atoms with van der Waals surface area (Å²) < 4.78 is 0. The minimum absolute atomic E-state index is 0.135. The van der Waals surface area contributed by atoms with E-state index in [9.17, 15) is 9.59 Å². The minimum Gasteiger partial charge on any atom is -0.343 e. The zero-order valence-corrected chi connectivity index (χ0v) is 21.9. The molecule has 3 aromatic carbocycles. The Kier molecular flexibility index (Phi) is 7.63. The first-order chi connectivity index (χ1) is 18.6. The maximum absolute atomic E-state index is 13.2. The van der Waals surface area contributed by atoms with Crippen molar-refractivity contribution >= 4 is 28.7 Å². The Bertz CT molecular complexity index is 1420. The molecule has 0 radical (unpaired) electrons. The van der Waals surface area contributed by atoms with Gasteiger partial charge in [-0.2, -0.15) is 0 Å². The summed E-state index contributed by atoms with van der Waals surface area (Å²) in [5.74, 6) is -0.0159. The minimum atomic E-state index is -0.196. The van der Waals surface area contributed by atoms with Gasteiger partial charge in [0.25, 0.3) is 0 Å². The van der Waals surface area contributed by atoms with Gasteiger partial charge in [0.05, 0.1) is 28.3 Å². The van der Waals surface area contributed by atoms with Crippen LogP contribution in [0.15, 0.2) is 78.9 Å². The summed E-state index contributed by atoms with van der Waals surface area (Å²) in [4.78, 5) is 39.6. The topological polar surface area (TPSA) is 78.4 Å². The van der Waals surface area contributed by atoms with Crippen LogP contribution in [-0.4, -0.2) is 57.9 Å². The molecule has 7 heteroatoms. The Balaban J connectivity index is 1.40. The molecule has 1 aromatic heterocycles. The lowest BCUT2D eigenvalue weighted by atomic mass is 9.96. The van der Waals surface area contributed by atoms with E-state index in [4.69, 9.17) is 9.97 Å². The van der Waals surface area contributed by atoms with E-state index >= 15 is 0 Å². The monoisotopic (exact) mass is 507 g/mol. The average molecular weight is 508 g/mol. The lowest BCUT2D eigenvalue weighted by Gasteiger charge is -2.34. The smallest absolute Gasteiger partial charge is 0.321 e. The van der Waals surface area contributed by atoms with Crippen LogP contribution in [0.5, 0.6) is 0 Å². The number of nitrogens with zero attached hydrogens (tertiary/aromatic N) is 4. The van der Waals surface area contributed by atoms with Crippen molar-refractivity contribution in [3.63, 3.8) is 0 Å². The number of carbonyl (C=O) groups is 2. The zero-order valence-electron chi connectivity index (χ0n) is 21.9. The van der Waals surface area contributed by atoms with E-state index in [0.29, 0.717) is 37.4 Å². The molecule has 7 nitrogen and oxygen atoms in total. The Morgan fingerprint density at radius 2 is 1.47 bits per heavy atom. The number of anilines is 1. The quantitative estimate of drug-likeness (QED) is 0.343. The molecule has 0 aliphatic carbocycles. The Morgan fingerprint density at radius 1 is 0.868 bits per heavy atom. The number of likely N-dealkylation sites (tertiary alicyclic amines) is 1. The zero-order chi connectivity index (χ0) is 26.5. The molecular formula is C31H33N5O2. The number of benzene rings is 3.